The van der Waals surface area contributed by atoms with E-state index in [-0.39, 0.29) is 10.8 Å². The molecule has 66 heavy (non-hydrogen) atoms. The molecule has 0 aromatic heterocycles. The molecule has 25 atom stereocenters. The molecule has 0 saturated carbocycles. The molecule has 5 aliphatic rings. The Kier molecular flexibility index (Phi) is 18.2. The van der Waals surface area contributed by atoms with Crippen LogP contribution in [0.4, 0.5) is 5.69 Å². The second-order valence-corrected chi connectivity index (χ2v) is 16.3. The summed E-state index contributed by atoms with van der Waals surface area (Å²) in [4.78, 5) is 10.4. The van der Waals surface area contributed by atoms with E-state index >= 15 is 0 Å². The van der Waals surface area contributed by atoms with Crippen LogP contribution in [0.1, 0.15) is 0 Å². The highest BCUT2D eigenvalue weighted by atomic mass is 35.5. The Balaban J connectivity index is 1.07. The van der Waals surface area contributed by atoms with E-state index in [0.717, 1.165) is 18.2 Å². The van der Waals surface area contributed by atoms with Crippen molar-refractivity contribution >= 4 is 17.3 Å². The van der Waals surface area contributed by atoms with Gasteiger partial charge < -0.3 is 129 Å². The molecule has 5 aliphatic heterocycles. The molecule has 1 unspecified atom stereocenters. The molecular weight excluding hydrogens is 930 g/mol. The molecule has 16 N–H and O–H groups in total. The van der Waals surface area contributed by atoms with Gasteiger partial charge in [0.05, 0.1) is 38.0 Å². The van der Waals surface area contributed by atoms with E-state index in [1.807, 2.05) is 0 Å². The Morgan fingerprint density at radius 2 is 0.758 bits per heavy atom. The summed E-state index contributed by atoms with van der Waals surface area (Å²) in [6.07, 6.45) is -46.6. The second kappa shape index (κ2) is 22.6. The molecule has 30 heteroatoms. The average Bonchev–Trinajstić information content (AvgIpc) is 3.30. The van der Waals surface area contributed by atoms with Crippen LogP contribution in [0.5, 0.6) is 5.75 Å². The summed E-state index contributed by atoms with van der Waals surface area (Å²) in [5.74, 6) is -0.135. The fourth-order valence-electron chi connectivity index (χ4n) is 7.96. The quantitative estimate of drug-likeness (QED) is 0.0540. The third-order valence-electron chi connectivity index (χ3n) is 11.7. The molecule has 1 aromatic rings. The fraction of sp³-hybridized carbons (Fsp3) is 0.833. The first kappa shape index (κ1) is 53.1. The van der Waals surface area contributed by atoms with Crippen molar-refractivity contribution in [2.75, 3.05) is 33.0 Å². The summed E-state index contributed by atoms with van der Waals surface area (Å²) < 4.78 is 55.6. The van der Waals surface area contributed by atoms with Crippen LogP contribution in [-0.4, -0.2) is 273 Å². The minimum absolute atomic E-state index is 0.135. The zero-order chi connectivity index (χ0) is 48.5. The summed E-state index contributed by atoms with van der Waals surface area (Å²) in [6, 6.07) is 3.18. The lowest BCUT2D eigenvalue weighted by molar-refractivity contribution is -0.392. The lowest BCUT2D eigenvalue weighted by atomic mass is 9.95. The zero-order valence-electron chi connectivity index (χ0n) is 34.1. The molecule has 0 radical (unpaired) electrons. The Morgan fingerprint density at radius 3 is 1.08 bits per heavy atom. The van der Waals surface area contributed by atoms with Gasteiger partial charge in [-0.05, 0) is 6.07 Å². The SMILES string of the molecule is O=[N+]([O-])c1ccc(OC2O[C@H](CO)[C@@H](O[C@H]3O[C@H](CO)[C@@H](O[C@H]4O[C@H](CO)[C@@H](O[C@H]5O[C@H](CO)[C@@H](O[C@@H]6O[C@H](CO)[C@H](O)[C@H](O)[C@H]6O)[C@H](O)[C@H]5O)[C@H](O)[C@H]4O)[C@H](O)[C@H]3O)[C@H](O)[C@H]2O)cc1Cl. The Hall–Kier alpha value is -2.29. The number of rotatable bonds is 16. The number of benzene rings is 1. The Bertz CT molecular complexity index is 1720. The maximum absolute atomic E-state index is 11.2. The van der Waals surface area contributed by atoms with Gasteiger partial charge in [0.25, 0.3) is 5.69 Å². The zero-order valence-corrected chi connectivity index (χ0v) is 34.8. The Labute approximate surface area is 376 Å². The molecule has 5 saturated heterocycles. The summed E-state index contributed by atoms with van der Waals surface area (Å²) in [5.41, 5.74) is -0.456. The highest BCUT2D eigenvalue weighted by Gasteiger charge is 2.56. The summed E-state index contributed by atoms with van der Waals surface area (Å²) >= 11 is 5.92. The van der Waals surface area contributed by atoms with Gasteiger partial charge in [-0.1, -0.05) is 11.6 Å². The lowest BCUT2D eigenvalue weighted by Crippen LogP contribution is -2.68. The molecule has 0 amide bonds. The first-order valence-corrected chi connectivity index (χ1v) is 20.7. The van der Waals surface area contributed by atoms with E-state index in [9.17, 15) is 91.8 Å². The van der Waals surface area contributed by atoms with Gasteiger partial charge in [0, 0.05) is 12.1 Å². The van der Waals surface area contributed by atoms with Gasteiger partial charge in [0.15, 0.2) is 25.2 Å². The highest BCUT2D eigenvalue weighted by Crippen LogP contribution is 2.37. The first-order valence-electron chi connectivity index (χ1n) is 20.3. The third kappa shape index (κ3) is 10.9. The number of hydrogen-bond donors (Lipinski definition) is 16. The van der Waals surface area contributed by atoms with E-state index in [1.165, 1.54) is 0 Å². The number of ether oxygens (including phenoxy) is 10. The monoisotopic (exact) mass is 983 g/mol. The summed E-state index contributed by atoms with van der Waals surface area (Å²) in [7, 11) is 0. The lowest BCUT2D eigenvalue weighted by Gasteiger charge is -2.49. The molecule has 29 nitrogen and oxygen atoms in total. The molecule has 5 fully saturated rings. The standard InChI is InChI=1S/C36H54ClNO28/c37-10-3-9(1-2-11(10)38(55)56)57-32-24(51)19(46)28(13(5-40)59-32)64-34-26(53)21(48)30(15(7-42)61-34)66-36-27(54)22(49)31(16(8-43)62-36)65-35-25(52)20(47)29(14(6-41)60-35)63-33-23(50)18(45)17(44)12(4-39)58-33/h1-3,12-36,39-54H,4-8H2/t12-,13-,14-,15-,16-,17+,18+,19-,20-,21-,22-,23-,24-,25-,26-,27-,28-,29-,30-,31-,32?,33+,34-,35-,36-/m1/s1. The van der Waals surface area contributed by atoms with Crippen molar-refractivity contribution in [1.29, 1.82) is 0 Å². The molecule has 0 spiro atoms. The normalized spacial score (nSPS) is 46.8. The maximum atomic E-state index is 11.2. The van der Waals surface area contributed by atoms with Crippen LogP contribution < -0.4 is 4.74 Å². The fourth-order valence-corrected chi connectivity index (χ4v) is 8.20. The second-order valence-electron chi connectivity index (χ2n) is 15.9. The van der Waals surface area contributed by atoms with Crippen molar-refractivity contribution in [2.24, 2.45) is 0 Å². The number of hydrogen-bond acceptors (Lipinski definition) is 28. The van der Waals surface area contributed by atoms with Gasteiger partial charge in [0.1, 0.15) is 133 Å². The smallest absolute Gasteiger partial charge is 0.288 e. The van der Waals surface area contributed by atoms with Gasteiger partial charge in [-0.15, -0.1) is 0 Å². The summed E-state index contributed by atoms with van der Waals surface area (Å²) in [6.45, 7) is -4.68. The number of aliphatic hydroxyl groups is 16. The van der Waals surface area contributed by atoms with Crippen LogP contribution in [0.3, 0.4) is 0 Å². The molecule has 6 rings (SSSR count). The largest absolute Gasteiger partial charge is 0.462 e. The first-order chi connectivity index (χ1) is 31.3. The molecule has 378 valence electrons. The van der Waals surface area contributed by atoms with Gasteiger partial charge >= 0.3 is 0 Å². The van der Waals surface area contributed by atoms with E-state index in [2.05, 4.69) is 0 Å². The van der Waals surface area contributed by atoms with Crippen LogP contribution in [0.2, 0.25) is 5.02 Å². The third-order valence-corrected chi connectivity index (χ3v) is 12.0. The van der Waals surface area contributed by atoms with Crippen molar-refractivity contribution in [3.63, 3.8) is 0 Å². The van der Waals surface area contributed by atoms with Crippen LogP contribution in [-0.2, 0) is 42.6 Å². The van der Waals surface area contributed by atoms with Crippen LogP contribution >= 0.6 is 11.6 Å². The summed E-state index contributed by atoms with van der Waals surface area (Å²) in [5, 5.41) is 180. The molecule has 0 bridgehead atoms. The number of nitrogens with zero attached hydrogens (tertiary/aromatic N) is 1. The maximum Gasteiger partial charge on any atom is 0.288 e. The van der Waals surface area contributed by atoms with E-state index in [4.69, 9.17) is 59.0 Å². The topological polar surface area (TPSA) is 459 Å². The predicted molar refractivity (Wildman–Crippen MR) is 203 cm³/mol. The van der Waals surface area contributed by atoms with Crippen LogP contribution in [0.25, 0.3) is 0 Å². The predicted octanol–water partition coefficient (Wildman–Crippen LogP) is -9.28. The molecule has 0 aliphatic carbocycles. The van der Waals surface area contributed by atoms with Crippen molar-refractivity contribution in [3.05, 3.63) is 33.3 Å². The van der Waals surface area contributed by atoms with Crippen LogP contribution in [0, 0.1) is 10.1 Å². The average molecular weight is 984 g/mol. The molecule has 1 aromatic carbocycles. The number of nitro benzene ring substituents is 1. The van der Waals surface area contributed by atoms with Crippen molar-refractivity contribution in [3.8, 4) is 5.75 Å². The highest BCUT2D eigenvalue weighted by molar-refractivity contribution is 6.32. The number of halogens is 1. The van der Waals surface area contributed by atoms with E-state index in [1.54, 1.807) is 0 Å². The molecule has 5 heterocycles. The molecular formula is C36H54ClNO28. The van der Waals surface area contributed by atoms with Gasteiger partial charge in [-0.3, -0.25) is 10.1 Å². The number of nitro groups is 1. The van der Waals surface area contributed by atoms with Crippen LogP contribution in [0.15, 0.2) is 18.2 Å². The van der Waals surface area contributed by atoms with Gasteiger partial charge in [0.2, 0.25) is 6.29 Å². The van der Waals surface area contributed by atoms with Crippen molar-refractivity contribution < 1.29 is 134 Å². The minimum Gasteiger partial charge on any atom is -0.462 e. The van der Waals surface area contributed by atoms with E-state index < -0.39 is 197 Å². The van der Waals surface area contributed by atoms with Crippen molar-refractivity contribution in [2.45, 2.75) is 154 Å². The van der Waals surface area contributed by atoms with Gasteiger partial charge in [-0.25, -0.2) is 0 Å². The van der Waals surface area contributed by atoms with Crippen molar-refractivity contribution in [1.82, 2.24) is 0 Å². The van der Waals surface area contributed by atoms with Gasteiger partial charge in [-0.2, -0.15) is 0 Å². The minimum atomic E-state index is -2.16. The number of aliphatic hydroxyl groups excluding tert-OH is 16. The van der Waals surface area contributed by atoms with E-state index in [0.29, 0.717) is 0 Å². The Morgan fingerprint density at radius 1 is 0.455 bits per heavy atom.